The number of aromatic amines is 2. The van der Waals surface area contributed by atoms with Crippen molar-refractivity contribution in [3.63, 3.8) is 0 Å². The van der Waals surface area contributed by atoms with E-state index in [0.717, 1.165) is 50.8 Å². The van der Waals surface area contributed by atoms with Crippen LogP contribution in [0.25, 0.3) is 35.6 Å². The van der Waals surface area contributed by atoms with Gasteiger partial charge in [0.25, 0.3) is 0 Å². The number of fused-ring (bicyclic) bond motifs is 7. The minimum atomic E-state index is -1.26. The zero-order valence-corrected chi connectivity index (χ0v) is 26.4. The van der Waals surface area contributed by atoms with E-state index in [1.165, 1.54) is 11.8 Å². The second-order valence-corrected chi connectivity index (χ2v) is 12.1. The first kappa shape index (κ1) is 30.1. The van der Waals surface area contributed by atoms with E-state index in [-0.39, 0.29) is 24.7 Å². The third-order valence-corrected chi connectivity index (χ3v) is 9.84. The topological polar surface area (TPSA) is 162 Å². The molecule has 0 saturated heterocycles. The van der Waals surface area contributed by atoms with Crippen molar-refractivity contribution >= 4 is 53.3 Å². The van der Waals surface area contributed by atoms with Gasteiger partial charge in [-0.25, -0.2) is 0 Å². The van der Waals surface area contributed by atoms with Gasteiger partial charge in [-0.3, -0.25) is 19.3 Å². The van der Waals surface area contributed by atoms with Gasteiger partial charge in [0, 0.05) is 57.2 Å². The lowest BCUT2D eigenvalue weighted by atomic mass is 9.81. The first-order valence-electron chi connectivity index (χ1n) is 15.2. The molecule has 0 aromatic carbocycles. The quantitative estimate of drug-likeness (QED) is 0.241. The zero-order valence-electron chi connectivity index (χ0n) is 26.4. The van der Waals surface area contributed by atoms with Crippen molar-refractivity contribution in [1.29, 1.82) is 0 Å². The van der Waals surface area contributed by atoms with Crippen LogP contribution in [0.15, 0.2) is 17.3 Å². The Morgan fingerprint density at radius 2 is 1.87 bits per heavy atom. The number of methoxy groups -OCH3 is 1. The molecule has 5 heterocycles. The standard InChI is InChI=1S/C35H39N5O5/c1-8-19-15(3)22-12-24-17(5)21(10-11-28(41)42)32(39-24)30-31(35(44)45-7)34(43)29-18(6)27(40(36)33(29)30)14-26-20(9-2)16(4)23(38-26)13-25(19)37-22/h8,12-14,17,21,31,37-38,43H,1,9-11,36H2,2-7H3,(H,41,42)/p-1/b23-13-,24-12-,26-14-/t17-,21-,31+/m0/s1. The molecular formula is C35H38N5O5-. The molecular weight excluding hydrogens is 570 g/mol. The van der Waals surface area contributed by atoms with E-state index >= 15 is 0 Å². The molecule has 45 heavy (non-hydrogen) atoms. The molecule has 10 nitrogen and oxygen atoms in total. The van der Waals surface area contributed by atoms with Crippen LogP contribution in [0.4, 0.5) is 0 Å². The largest absolute Gasteiger partial charge is 0.874 e. The van der Waals surface area contributed by atoms with Crippen LogP contribution in [0.3, 0.4) is 0 Å². The Morgan fingerprint density at radius 1 is 1.13 bits per heavy atom. The summed E-state index contributed by atoms with van der Waals surface area (Å²) in [5.74, 6) is 2.95. The van der Waals surface area contributed by atoms with Crippen LogP contribution < -0.4 is 32.2 Å². The Bertz CT molecular complexity index is 2130. The fourth-order valence-corrected chi connectivity index (χ4v) is 7.36. The molecule has 3 aromatic heterocycles. The number of carboxylic acid groups (broad SMARTS) is 1. The summed E-state index contributed by atoms with van der Waals surface area (Å²) >= 11 is 0. The number of allylic oxidation sites excluding steroid dienone is 1. The van der Waals surface area contributed by atoms with Crippen molar-refractivity contribution in [3.05, 3.63) is 78.4 Å². The number of aliphatic carboxylic acids is 1. The summed E-state index contributed by atoms with van der Waals surface area (Å²) in [6.45, 7) is 14.1. The van der Waals surface area contributed by atoms with Gasteiger partial charge in [0.15, 0.2) is 0 Å². The molecule has 234 valence electrons. The molecule has 1 aliphatic carbocycles. The summed E-state index contributed by atoms with van der Waals surface area (Å²) in [5, 5.41) is 26.3. The Morgan fingerprint density at radius 3 is 2.51 bits per heavy atom. The van der Waals surface area contributed by atoms with E-state index in [9.17, 15) is 19.8 Å². The lowest BCUT2D eigenvalue weighted by molar-refractivity contribution is -0.255. The van der Waals surface area contributed by atoms with Crippen molar-refractivity contribution in [1.82, 2.24) is 14.6 Å². The number of aliphatic imine (C=N–C) groups is 1. The Hall–Kier alpha value is -4.99. The smallest absolute Gasteiger partial charge is 0.316 e. The van der Waals surface area contributed by atoms with Gasteiger partial charge in [-0.05, 0) is 79.3 Å². The van der Waals surface area contributed by atoms with Gasteiger partial charge in [0.1, 0.15) is 0 Å². The molecule has 0 radical (unpaired) electrons. The van der Waals surface area contributed by atoms with Crippen LogP contribution in [0.1, 0.15) is 71.6 Å². The summed E-state index contributed by atoms with van der Waals surface area (Å²) < 4.78 is 6.62. The summed E-state index contributed by atoms with van der Waals surface area (Å²) in [7, 11) is 1.25. The first-order chi connectivity index (χ1) is 21.4. The lowest BCUT2D eigenvalue weighted by Gasteiger charge is -2.25. The van der Waals surface area contributed by atoms with E-state index in [2.05, 4.69) is 36.5 Å². The maximum absolute atomic E-state index is 14.1. The van der Waals surface area contributed by atoms with Gasteiger partial charge in [-0.1, -0.05) is 26.5 Å². The molecule has 0 spiro atoms. The summed E-state index contributed by atoms with van der Waals surface area (Å²) in [6, 6.07) is 0. The maximum Gasteiger partial charge on any atom is 0.316 e. The number of rotatable bonds is 6. The molecule has 3 aliphatic rings. The number of hydrogen-bond acceptors (Lipinski definition) is 6. The Labute approximate surface area is 260 Å². The molecule has 3 aromatic rings. The van der Waals surface area contributed by atoms with E-state index in [0.29, 0.717) is 38.8 Å². The average molecular weight is 609 g/mol. The number of aromatic nitrogens is 3. The third-order valence-electron chi connectivity index (χ3n) is 9.84. The second kappa shape index (κ2) is 10.9. The maximum atomic E-state index is 14.1. The Kier molecular flexibility index (Phi) is 7.26. The number of esters is 1. The number of carboxylic acids is 1. The van der Waals surface area contributed by atoms with Crippen molar-refractivity contribution in [3.8, 4) is 0 Å². The minimum absolute atomic E-state index is 0.102. The van der Waals surface area contributed by atoms with Gasteiger partial charge < -0.3 is 30.8 Å². The number of ether oxygens (including phenoxy) is 1. The van der Waals surface area contributed by atoms with Gasteiger partial charge in [-0.2, -0.15) is 0 Å². The molecule has 3 atom stereocenters. The van der Waals surface area contributed by atoms with Crippen LogP contribution in [0.2, 0.25) is 0 Å². The van der Waals surface area contributed by atoms with Crippen LogP contribution in [0.5, 0.6) is 0 Å². The van der Waals surface area contributed by atoms with Gasteiger partial charge in [-0.15, -0.1) is 5.76 Å². The van der Waals surface area contributed by atoms with Crippen LogP contribution in [-0.2, 0) is 20.7 Å². The lowest BCUT2D eigenvalue weighted by Crippen LogP contribution is -2.38. The second-order valence-electron chi connectivity index (χ2n) is 12.1. The molecule has 6 rings (SSSR count). The predicted octanol–water partition coefficient (Wildman–Crippen LogP) is 0.995. The highest BCUT2D eigenvalue weighted by molar-refractivity contribution is 6.27. The molecule has 0 fully saturated rings. The third kappa shape index (κ3) is 4.42. The highest BCUT2D eigenvalue weighted by Crippen LogP contribution is 2.41. The van der Waals surface area contributed by atoms with E-state index in [1.807, 2.05) is 39.0 Å². The molecule has 0 unspecified atom stereocenters. The van der Waals surface area contributed by atoms with Crippen molar-refractivity contribution in [2.45, 2.75) is 53.9 Å². The molecule has 10 heteroatoms. The number of hydrogen-bond donors (Lipinski definition) is 4. The highest BCUT2D eigenvalue weighted by atomic mass is 16.5. The minimum Gasteiger partial charge on any atom is -0.874 e. The van der Waals surface area contributed by atoms with E-state index in [4.69, 9.17) is 15.6 Å². The molecule has 2 aliphatic heterocycles. The van der Waals surface area contributed by atoms with Crippen molar-refractivity contribution in [2.75, 3.05) is 13.0 Å². The molecule has 0 amide bonds. The Balaban J connectivity index is 1.80. The molecule has 0 saturated carbocycles. The number of nitrogens with zero attached hydrogens (tertiary/aromatic N) is 2. The summed E-state index contributed by atoms with van der Waals surface area (Å²) in [5.41, 5.74) is 8.76. The fourth-order valence-electron chi connectivity index (χ4n) is 7.36. The summed E-state index contributed by atoms with van der Waals surface area (Å²) in [4.78, 5) is 37.3. The van der Waals surface area contributed by atoms with Gasteiger partial charge in [0.05, 0.1) is 29.8 Å². The molecule has 5 N–H and O–H groups in total. The van der Waals surface area contributed by atoms with E-state index in [1.54, 1.807) is 0 Å². The number of nitrogen functional groups attached to an aromatic ring is 1. The highest BCUT2D eigenvalue weighted by Gasteiger charge is 2.42. The number of nitrogens with one attached hydrogen (secondary N) is 2. The fraction of sp³-hybridized carbons (Fsp3) is 0.343. The zero-order chi connectivity index (χ0) is 32.5. The SMILES string of the molecule is C=Cc1c2[nH]c(c1C)/C=C1\N=C(C3=c4c(c(C)c(n4N)/C=c4\[nH]/c(c(C)c4CC)=C\2)=C([O-])[C@@H]3C(=O)OC)[C@@H](CCC(=O)O)[C@@H]1C. The van der Waals surface area contributed by atoms with Crippen LogP contribution in [0, 0.1) is 38.5 Å². The van der Waals surface area contributed by atoms with Gasteiger partial charge in [0.2, 0.25) is 0 Å². The number of carbonyl (C=O) groups is 2. The van der Waals surface area contributed by atoms with Crippen molar-refractivity contribution < 1.29 is 24.5 Å². The average Bonchev–Trinajstić information content (AvgIpc) is 3.73. The van der Waals surface area contributed by atoms with Gasteiger partial charge >= 0.3 is 11.9 Å². The predicted molar refractivity (Wildman–Crippen MR) is 173 cm³/mol. The van der Waals surface area contributed by atoms with Crippen LogP contribution in [-0.4, -0.2) is 44.5 Å². The van der Waals surface area contributed by atoms with Crippen molar-refractivity contribution in [2.24, 2.45) is 22.7 Å². The number of nitrogens with two attached hydrogens (primary N) is 1. The van der Waals surface area contributed by atoms with E-state index < -0.39 is 23.6 Å². The monoisotopic (exact) mass is 608 g/mol. The van der Waals surface area contributed by atoms with Crippen LogP contribution >= 0.6 is 0 Å². The first-order valence-corrected chi connectivity index (χ1v) is 15.2. The number of H-pyrrole nitrogens is 2. The molecule has 8 bridgehead atoms. The normalized spacial score (nSPS) is 22.7. The summed E-state index contributed by atoms with van der Waals surface area (Å²) in [6.07, 6.45) is 8.76. The number of carbonyl (C=O) groups excluding carboxylic acids is 1.